The number of aromatic carboxylic acids is 1. The maximum Gasteiger partial charge on any atom is 0.335 e. The lowest BCUT2D eigenvalue weighted by atomic mass is 10.1. The van der Waals surface area contributed by atoms with E-state index >= 15 is 0 Å². The van der Waals surface area contributed by atoms with Gasteiger partial charge in [-0.15, -0.1) is 11.6 Å². The number of carboxylic acid groups (broad SMARTS) is 1. The number of hydrogen-bond donors (Lipinski definition) is 1. The summed E-state index contributed by atoms with van der Waals surface area (Å²) in [5.41, 5.74) is 1.83. The van der Waals surface area contributed by atoms with Crippen LogP contribution in [0, 0.1) is 6.92 Å². The average molecular weight is 266 g/mol. The highest BCUT2D eigenvalue weighted by atomic mass is 35.5. The zero-order valence-electron chi connectivity index (χ0n) is 9.81. The Morgan fingerprint density at radius 1 is 1.50 bits per heavy atom. The van der Waals surface area contributed by atoms with Crippen molar-refractivity contribution in [3.63, 3.8) is 0 Å². The summed E-state index contributed by atoms with van der Waals surface area (Å²) in [5.74, 6) is 0.617. The van der Waals surface area contributed by atoms with Gasteiger partial charge in [0.15, 0.2) is 5.89 Å². The van der Waals surface area contributed by atoms with Crippen LogP contribution in [0.25, 0.3) is 0 Å². The van der Waals surface area contributed by atoms with Gasteiger partial charge >= 0.3 is 5.97 Å². The Balaban J connectivity index is 2.22. The maximum absolute atomic E-state index is 10.9. The summed E-state index contributed by atoms with van der Waals surface area (Å²) in [6.07, 6.45) is 0.457. The topological polar surface area (TPSA) is 63.3 Å². The van der Waals surface area contributed by atoms with Crippen molar-refractivity contribution >= 4 is 17.6 Å². The highest BCUT2D eigenvalue weighted by Gasteiger charge is 2.10. The number of rotatable bonds is 4. The van der Waals surface area contributed by atoms with E-state index in [2.05, 4.69) is 4.98 Å². The molecule has 4 nitrogen and oxygen atoms in total. The van der Waals surface area contributed by atoms with E-state index in [1.165, 1.54) is 0 Å². The van der Waals surface area contributed by atoms with Crippen molar-refractivity contribution < 1.29 is 14.3 Å². The fourth-order valence-corrected chi connectivity index (χ4v) is 1.92. The number of alkyl halides is 1. The van der Waals surface area contributed by atoms with E-state index in [9.17, 15) is 4.79 Å². The number of carboxylic acids is 1. The van der Waals surface area contributed by atoms with Gasteiger partial charge in [-0.2, -0.15) is 0 Å². The lowest BCUT2D eigenvalue weighted by Gasteiger charge is -1.99. The lowest BCUT2D eigenvalue weighted by molar-refractivity contribution is 0.0696. The number of benzene rings is 1. The van der Waals surface area contributed by atoms with Gasteiger partial charge in [0.2, 0.25) is 0 Å². The van der Waals surface area contributed by atoms with Gasteiger partial charge < -0.3 is 9.52 Å². The van der Waals surface area contributed by atoms with Crippen molar-refractivity contribution in [1.29, 1.82) is 0 Å². The molecule has 94 valence electrons. The fraction of sp³-hybridized carbons (Fsp3) is 0.231. The molecular formula is C13H12ClNO3. The highest BCUT2D eigenvalue weighted by molar-refractivity contribution is 6.16. The van der Waals surface area contributed by atoms with E-state index in [0.29, 0.717) is 24.0 Å². The monoisotopic (exact) mass is 265 g/mol. The third-order valence-corrected chi connectivity index (χ3v) is 2.85. The molecule has 0 aliphatic heterocycles. The van der Waals surface area contributed by atoms with Crippen LogP contribution >= 0.6 is 11.6 Å². The summed E-state index contributed by atoms with van der Waals surface area (Å²) in [7, 11) is 0. The number of carbonyl (C=O) groups is 1. The molecule has 0 aliphatic carbocycles. The van der Waals surface area contributed by atoms with Crippen molar-refractivity contribution in [2.75, 3.05) is 0 Å². The first-order valence-electron chi connectivity index (χ1n) is 5.43. The zero-order chi connectivity index (χ0) is 13.1. The maximum atomic E-state index is 10.9. The van der Waals surface area contributed by atoms with Gasteiger partial charge in [-0.05, 0) is 24.6 Å². The van der Waals surface area contributed by atoms with Crippen molar-refractivity contribution in [1.82, 2.24) is 4.98 Å². The Labute approximate surface area is 109 Å². The molecule has 0 unspecified atom stereocenters. The van der Waals surface area contributed by atoms with E-state index in [0.717, 1.165) is 11.3 Å². The van der Waals surface area contributed by atoms with Gasteiger partial charge in [-0.3, -0.25) is 0 Å². The molecule has 2 rings (SSSR count). The van der Waals surface area contributed by atoms with Crippen molar-refractivity contribution in [2.24, 2.45) is 0 Å². The van der Waals surface area contributed by atoms with Gasteiger partial charge in [-0.25, -0.2) is 9.78 Å². The number of oxazole rings is 1. The molecule has 0 amide bonds. The van der Waals surface area contributed by atoms with Crippen LogP contribution in [-0.4, -0.2) is 16.1 Å². The molecule has 1 aromatic heterocycles. The van der Waals surface area contributed by atoms with Crippen LogP contribution in [0.1, 0.15) is 33.3 Å². The molecule has 1 aromatic carbocycles. The summed E-state index contributed by atoms with van der Waals surface area (Å²) in [6.45, 7) is 1.81. The van der Waals surface area contributed by atoms with Gasteiger partial charge in [-0.1, -0.05) is 12.1 Å². The minimum absolute atomic E-state index is 0.258. The van der Waals surface area contributed by atoms with Crippen molar-refractivity contribution in [3.8, 4) is 0 Å². The molecule has 0 atom stereocenters. The minimum atomic E-state index is -0.943. The molecule has 0 bridgehead atoms. The second-order valence-corrected chi connectivity index (χ2v) is 4.19. The zero-order valence-corrected chi connectivity index (χ0v) is 10.6. The standard InChI is InChI=1S/C13H12ClNO3/c1-8-11(7-14)15-12(18-8)6-9-3-2-4-10(5-9)13(16)17/h2-5H,6-7H2,1H3,(H,16,17). The van der Waals surface area contributed by atoms with E-state index in [1.54, 1.807) is 18.2 Å². The van der Waals surface area contributed by atoms with Crippen molar-refractivity contribution in [3.05, 3.63) is 52.7 Å². The van der Waals surface area contributed by atoms with E-state index < -0.39 is 5.97 Å². The largest absolute Gasteiger partial charge is 0.478 e. The Bertz CT molecular complexity index is 577. The van der Waals surface area contributed by atoms with Crippen LogP contribution in [-0.2, 0) is 12.3 Å². The average Bonchev–Trinajstić information content (AvgIpc) is 2.69. The fourth-order valence-electron chi connectivity index (χ4n) is 1.68. The molecule has 1 heterocycles. The van der Waals surface area contributed by atoms with Crippen LogP contribution in [0.3, 0.4) is 0 Å². The summed E-state index contributed by atoms with van der Waals surface area (Å²) >= 11 is 5.72. The highest BCUT2D eigenvalue weighted by Crippen LogP contribution is 2.16. The van der Waals surface area contributed by atoms with Crippen LogP contribution in [0.2, 0.25) is 0 Å². The van der Waals surface area contributed by atoms with Crippen LogP contribution in [0.4, 0.5) is 0 Å². The number of nitrogens with zero attached hydrogens (tertiary/aromatic N) is 1. The van der Waals surface area contributed by atoms with E-state index in [4.69, 9.17) is 21.1 Å². The van der Waals surface area contributed by atoms with Crippen molar-refractivity contribution in [2.45, 2.75) is 19.2 Å². The molecule has 0 saturated heterocycles. The number of hydrogen-bond acceptors (Lipinski definition) is 3. The number of aryl methyl sites for hydroxylation is 1. The SMILES string of the molecule is Cc1oc(Cc2cccc(C(=O)O)c2)nc1CCl. The summed E-state index contributed by atoms with van der Waals surface area (Å²) in [6, 6.07) is 6.71. The van der Waals surface area contributed by atoms with Gasteiger partial charge in [0, 0.05) is 6.42 Å². The Morgan fingerprint density at radius 3 is 2.89 bits per heavy atom. The van der Waals surface area contributed by atoms with Crippen LogP contribution in [0.15, 0.2) is 28.7 Å². The minimum Gasteiger partial charge on any atom is -0.478 e. The first-order valence-corrected chi connectivity index (χ1v) is 5.97. The number of halogens is 1. The second-order valence-electron chi connectivity index (χ2n) is 3.93. The molecule has 0 fully saturated rings. The van der Waals surface area contributed by atoms with E-state index in [1.807, 2.05) is 13.0 Å². The molecule has 5 heteroatoms. The summed E-state index contributed by atoms with van der Waals surface area (Å²) in [4.78, 5) is 15.1. The molecule has 0 radical (unpaired) electrons. The summed E-state index contributed by atoms with van der Waals surface area (Å²) in [5, 5.41) is 8.91. The molecule has 2 aromatic rings. The lowest BCUT2D eigenvalue weighted by Crippen LogP contribution is -1.98. The molecule has 18 heavy (non-hydrogen) atoms. The Morgan fingerprint density at radius 2 is 2.28 bits per heavy atom. The van der Waals surface area contributed by atoms with E-state index in [-0.39, 0.29) is 5.56 Å². The third-order valence-electron chi connectivity index (χ3n) is 2.59. The van der Waals surface area contributed by atoms with Gasteiger partial charge in [0.25, 0.3) is 0 Å². The molecule has 0 spiro atoms. The van der Waals surface area contributed by atoms with Gasteiger partial charge in [0.05, 0.1) is 17.1 Å². The molecular weight excluding hydrogens is 254 g/mol. The number of aromatic nitrogens is 1. The normalized spacial score (nSPS) is 10.6. The van der Waals surface area contributed by atoms with Crippen LogP contribution in [0.5, 0.6) is 0 Å². The molecule has 0 saturated carbocycles. The summed E-state index contributed by atoms with van der Waals surface area (Å²) < 4.78 is 5.47. The third kappa shape index (κ3) is 2.71. The second kappa shape index (κ2) is 5.23. The quantitative estimate of drug-likeness (QED) is 0.863. The Hall–Kier alpha value is -1.81. The smallest absolute Gasteiger partial charge is 0.335 e. The van der Waals surface area contributed by atoms with Gasteiger partial charge in [0.1, 0.15) is 5.76 Å². The Kier molecular flexibility index (Phi) is 3.67. The predicted octanol–water partition coefficient (Wildman–Crippen LogP) is 3.01. The first kappa shape index (κ1) is 12.6. The molecule has 0 aliphatic rings. The first-order chi connectivity index (χ1) is 8.60. The predicted molar refractivity (Wildman–Crippen MR) is 67.0 cm³/mol. The van der Waals surface area contributed by atoms with Crippen LogP contribution < -0.4 is 0 Å². The molecule has 1 N–H and O–H groups in total.